The highest BCUT2D eigenvalue weighted by Crippen LogP contribution is 2.12. The topological polar surface area (TPSA) is 58.2 Å². The average molecular weight is 226 g/mol. The van der Waals surface area contributed by atoms with E-state index in [2.05, 4.69) is 17.6 Å². The van der Waals surface area contributed by atoms with Gasteiger partial charge in [0.15, 0.2) is 0 Å². The third kappa shape index (κ3) is 3.36. The lowest BCUT2D eigenvalue weighted by molar-refractivity contribution is 0.743. The molecule has 0 heterocycles. The van der Waals surface area contributed by atoms with Crippen LogP contribution >= 0.6 is 0 Å². The van der Waals surface area contributed by atoms with Crippen molar-refractivity contribution in [2.24, 2.45) is 0 Å². The summed E-state index contributed by atoms with van der Waals surface area (Å²) in [6, 6.07) is 0. The van der Waals surface area contributed by atoms with Crippen molar-refractivity contribution in [1.29, 1.82) is 0 Å². The molecule has 0 fully saturated rings. The van der Waals surface area contributed by atoms with Gasteiger partial charge in [-0.2, -0.15) is 0 Å². The van der Waals surface area contributed by atoms with Crippen molar-refractivity contribution in [2.75, 3.05) is 24.2 Å². The number of hydrogen-bond acceptors (Lipinski definition) is 4. The fourth-order valence-corrected chi connectivity index (χ4v) is 1.39. The first kappa shape index (κ1) is 14.7. The van der Waals surface area contributed by atoms with Gasteiger partial charge in [0.05, 0.1) is 0 Å². The van der Waals surface area contributed by atoms with Crippen LogP contribution in [-0.2, 0) is 0 Å². The summed E-state index contributed by atoms with van der Waals surface area (Å²) in [7, 11) is 1.65. The molecule has 0 saturated carbocycles. The molecule has 0 atom stereocenters. The predicted molar refractivity (Wildman–Crippen MR) is 70.3 cm³/mol. The maximum atomic E-state index is 11.1. The van der Waals surface area contributed by atoms with Crippen LogP contribution in [0, 0.1) is 0 Å². The van der Waals surface area contributed by atoms with Gasteiger partial charge in [-0.05, 0) is 6.42 Å². The summed E-state index contributed by atoms with van der Waals surface area (Å²) < 4.78 is 0. The van der Waals surface area contributed by atoms with E-state index < -0.39 is 10.9 Å². The van der Waals surface area contributed by atoms with Crippen LogP contribution in [0.5, 0.6) is 0 Å². The zero-order chi connectivity index (χ0) is 12.6. The Morgan fingerprint density at radius 1 is 1.00 bits per heavy atom. The fraction of sp³-hybridized carbons (Fsp3) is 0.667. The lowest BCUT2D eigenvalue weighted by atomic mass is 10.2. The van der Waals surface area contributed by atoms with E-state index in [1.54, 1.807) is 7.05 Å². The molecule has 0 aliphatic carbocycles. The van der Waals surface area contributed by atoms with Crippen LogP contribution < -0.4 is 21.5 Å². The maximum absolute atomic E-state index is 11.1. The Kier molecular flexibility index (Phi) is 7.25. The van der Waals surface area contributed by atoms with Gasteiger partial charge >= 0.3 is 0 Å². The van der Waals surface area contributed by atoms with E-state index in [4.69, 9.17) is 0 Å². The molecule has 0 aromatic heterocycles. The maximum Gasteiger partial charge on any atom is 0.253 e. The largest absolute Gasteiger partial charge is 0.383 e. The monoisotopic (exact) mass is 226 g/mol. The molecule has 0 amide bonds. The molecule has 1 aromatic carbocycles. The van der Waals surface area contributed by atoms with Crippen molar-refractivity contribution in [2.45, 2.75) is 40.0 Å². The first-order chi connectivity index (χ1) is 7.72. The van der Waals surface area contributed by atoms with Crippen LogP contribution in [0.3, 0.4) is 0 Å². The molecule has 0 spiro atoms. The summed E-state index contributed by atoms with van der Waals surface area (Å²) in [4.78, 5) is 22.1. The number of nitrogens with one attached hydrogen (secondary N) is 2. The Balaban J connectivity index is 0.00000106. The van der Waals surface area contributed by atoms with Gasteiger partial charge in [-0.15, -0.1) is 0 Å². The molecule has 92 valence electrons. The van der Waals surface area contributed by atoms with Gasteiger partial charge in [0.2, 0.25) is 0 Å². The Hall–Kier alpha value is -1.32. The molecule has 4 heteroatoms. The van der Waals surface area contributed by atoms with E-state index in [0.717, 1.165) is 25.8 Å². The molecule has 16 heavy (non-hydrogen) atoms. The van der Waals surface area contributed by atoms with Gasteiger partial charge in [0.1, 0.15) is 11.4 Å². The van der Waals surface area contributed by atoms with Crippen molar-refractivity contribution < 1.29 is 0 Å². The summed E-state index contributed by atoms with van der Waals surface area (Å²) >= 11 is 0. The van der Waals surface area contributed by atoms with E-state index in [0.29, 0.717) is 11.4 Å². The molecular weight excluding hydrogens is 204 g/mol. The second-order valence-electron chi connectivity index (χ2n) is 3.29. The fourth-order valence-electron chi connectivity index (χ4n) is 1.39. The SMILES string of the molecule is CC.CCCCCNc1c(NC)c(=O)c1=O. The molecule has 0 aliphatic heterocycles. The summed E-state index contributed by atoms with van der Waals surface area (Å²) in [6.45, 7) is 6.88. The minimum Gasteiger partial charge on any atom is -0.383 e. The van der Waals surface area contributed by atoms with E-state index in [-0.39, 0.29) is 0 Å². The first-order valence-corrected chi connectivity index (χ1v) is 5.97. The van der Waals surface area contributed by atoms with Gasteiger partial charge < -0.3 is 10.6 Å². The smallest absolute Gasteiger partial charge is 0.253 e. The highest BCUT2D eigenvalue weighted by atomic mass is 16.2. The second-order valence-corrected chi connectivity index (χ2v) is 3.29. The van der Waals surface area contributed by atoms with Crippen molar-refractivity contribution in [3.05, 3.63) is 20.4 Å². The third-order valence-electron chi connectivity index (χ3n) is 2.24. The molecule has 0 unspecified atom stereocenters. The van der Waals surface area contributed by atoms with Gasteiger partial charge in [-0.1, -0.05) is 33.6 Å². The molecule has 4 nitrogen and oxygen atoms in total. The Labute approximate surface area is 96.8 Å². The molecule has 0 bridgehead atoms. The highest BCUT2D eigenvalue weighted by Gasteiger charge is 2.18. The average Bonchev–Trinajstić information content (AvgIpc) is 2.34. The van der Waals surface area contributed by atoms with Crippen LogP contribution in [0.4, 0.5) is 11.4 Å². The second kappa shape index (κ2) is 7.91. The molecule has 0 radical (unpaired) electrons. The number of rotatable bonds is 6. The van der Waals surface area contributed by atoms with Crippen molar-refractivity contribution in [1.82, 2.24) is 0 Å². The number of hydrogen-bond donors (Lipinski definition) is 2. The van der Waals surface area contributed by atoms with E-state index in [9.17, 15) is 9.59 Å². The molecule has 2 N–H and O–H groups in total. The van der Waals surface area contributed by atoms with E-state index >= 15 is 0 Å². The minimum atomic E-state index is -0.412. The molecule has 0 saturated heterocycles. The Morgan fingerprint density at radius 2 is 1.56 bits per heavy atom. The quantitative estimate of drug-likeness (QED) is 0.575. The summed E-state index contributed by atoms with van der Waals surface area (Å²) in [5.41, 5.74) is 0.0661. The minimum absolute atomic E-state index is 0.397. The zero-order valence-electron chi connectivity index (χ0n) is 10.6. The first-order valence-electron chi connectivity index (χ1n) is 5.97. The lowest BCUT2D eigenvalue weighted by Crippen LogP contribution is -2.36. The van der Waals surface area contributed by atoms with Crippen LogP contribution in [0.2, 0.25) is 0 Å². The lowest BCUT2D eigenvalue weighted by Gasteiger charge is -2.11. The van der Waals surface area contributed by atoms with Crippen molar-refractivity contribution in [3.8, 4) is 0 Å². The van der Waals surface area contributed by atoms with Crippen LogP contribution in [0.1, 0.15) is 40.0 Å². The van der Waals surface area contributed by atoms with Gasteiger partial charge in [0.25, 0.3) is 10.9 Å². The van der Waals surface area contributed by atoms with Gasteiger partial charge in [0, 0.05) is 13.6 Å². The van der Waals surface area contributed by atoms with Gasteiger partial charge in [-0.25, -0.2) is 0 Å². The van der Waals surface area contributed by atoms with E-state index in [1.807, 2.05) is 13.8 Å². The van der Waals surface area contributed by atoms with Crippen LogP contribution in [-0.4, -0.2) is 13.6 Å². The Morgan fingerprint density at radius 3 is 2.06 bits per heavy atom. The van der Waals surface area contributed by atoms with Crippen molar-refractivity contribution in [3.63, 3.8) is 0 Å². The standard InChI is InChI=1S/C10H16N2O2.C2H6/c1-3-4-5-6-12-8-7(11-2)9(13)10(8)14;1-2/h11-12H,3-6H2,1-2H3;1-2H3. The highest BCUT2D eigenvalue weighted by molar-refractivity contribution is 5.73. The number of anilines is 2. The van der Waals surface area contributed by atoms with Gasteiger partial charge in [-0.3, -0.25) is 9.59 Å². The molecular formula is C12H22N2O2. The number of unbranched alkanes of at least 4 members (excludes halogenated alkanes) is 2. The molecule has 0 aliphatic rings. The van der Waals surface area contributed by atoms with Crippen LogP contribution in [0.15, 0.2) is 9.59 Å². The Bertz CT molecular complexity index is 365. The summed E-state index contributed by atoms with van der Waals surface area (Å²) in [5.74, 6) is 0. The van der Waals surface area contributed by atoms with Crippen LogP contribution in [0.25, 0.3) is 0 Å². The molecule has 1 aromatic rings. The predicted octanol–water partition coefficient (Wildman–Crippen LogP) is 1.95. The summed E-state index contributed by atoms with van der Waals surface area (Å²) in [6.07, 6.45) is 3.31. The summed E-state index contributed by atoms with van der Waals surface area (Å²) in [5, 5.41) is 5.70. The zero-order valence-corrected chi connectivity index (χ0v) is 10.6. The van der Waals surface area contributed by atoms with Crippen molar-refractivity contribution >= 4 is 11.4 Å². The normalized spacial score (nSPS) is 9.50. The molecule has 1 rings (SSSR count). The third-order valence-corrected chi connectivity index (χ3v) is 2.24. The van der Waals surface area contributed by atoms with E-state index in [1.165, 1.54) is 0 Å².